The number of aromatic nitrogens is 2. The first-order valence-corrected chi connectivity index (χ1v) is 9.22. The van der Waals surface area contributed by atoms with Crippen LogP contribution in [-0.2, 0) is 9.47 Å². The maximum atomic E-state index is 12.7. The minimum atomic E-state index is -0.786. The van der Waals surface area contributed by atoms with Crippen LogP contribution in [0.5, 0.6) is 5.75 Å². The van der Waals surface area contributed by atoms with Crippen LogP contribution in [0.2, 0.25) is 0 Å². The van der Waals surface area contributed by atoms with Gasteiger partial charge < -0.3 is 19.1 Å². The van der Waals surface area contributed by atoms with Crippen molar-refractivity contribution in [2.75, 3.05) is 28.3 Å². The van der Waals surface area contributed by atoms with E-state index >= 15 is 0 Å². The molecule has 9 heteroatoms. The van der Waals surface area contributed by atoms with Crippen molar-refractivity contribution >= 4 is 18.0 Å². The smallest absolute Gasteiger partial charge is 0.414 e. The van der Waals surface area contributed by atoms with E-state index in [4.69, 9.17) is 14.2 Å². The van der Waals surface area contributed by atoms with Crippen LogP contribution in [0.3, 0.4) is 0 Å². The first-order chi connectivity index (χ1) is 14.9. The van der Waals surface area contributed by atoms with Crippen molar-refractivity contribution in [2.45, 2.75) is 0 Å². The molecule has 31 heavy (non-hydrogen) atoms. The quantitative estimate of drug-likeness (QED) is 0.581. The highest BCUT2D eigenvalue weighted by atomic mass is 16.6. The summed E-state index contributed by atoms with van der Waals surface area (Å²) in [5, 5.41) is 4.51. The first-order valence-electron chi connectivity index (χ1n) is 9.22. The molecule has 0 N–H and O–H groups in total. The van der Waals surface area contributed by atoms with Crippen molar-refractivity contribution in [3.05, 3.63) is 65.9 Å². The Kier molecular flexibility index (Phi) is 6.35. The lowest BCUT2D eigenvalue weighted by Gasteiger charge is -2.13. The molecule has 1 amide bonds. The van der Waals surface area contributed by atoms with E-state index in [1.165, 1.54) is 23.8 Å². The van der Waals surface area contributed by atoms with E-state index in [1.807, 2.05) is 6.07 Å². The number of hydrogen-bond donors (Lipinski definition) is 0. The van der Waals surface area contributed by atoms with Crippen LogP contribution in [-0.4, -0.2) is 61.0 Å². The second-order valence-electron chi connectivity index (χ2n) is 6.56. The molecule has 1 heterocycles. The molecule has 0 aliphatic heterocycles. The number of ether oxygens (including phenoxy) is 3. The molecule has 0 saturated carbocycles. The third-order valence-electron chi connectivity index (χ3n) is 4.36. The lowest BCUT2D eigenvalue weighted by Crippen LogP contribution is -2.25. The molecule has 1 aromatic heterocycles. The molecule has 160 valence electrons. The highest BCUT2D eigenvalue weighted by Gasteiger charge is 2.32. The third-order valence-corrected chi connectivity index (χ3v) is 4.36. The van der Waals surface area contributed by atoms with Gasteiger partial charge in [0.2, 0.25) is 0 Å². The minimum Gasteiger partial charge on any atom is -0.465 e. The standard InChI is InChI=1S/C22H21N3O6/c1-24(2)22(28)31-16-13-9-8-12-15(16)18-17(20(26)29-3)19(21(27)30-4)25(23-18)14-10-6-5-7-11-14/h5-13H,1-4H3. The summed E-state index contributed by atoms with van der Waals surface area (Å²) >= 11 is 0. The molecule has 0 bridgehead atoms. The van der Waals surface area contributed by atoms with Crippen LogP contribution in [0, 0.1) is 0 Å². The number of hydrogen-bond acceptors (Lipinski definition) is 7. The van der Waals surface area contributed by atoms with Crippen LogP contribution in [0.1, 0.15) is 20.8 Å². The van der Waals surface area contributed by atoms with E-state index < -0.39 is 18.0 Å². The number of carbonyl (C=O) groups is 3. The summed E-state index contributed by atoms with van der Waals surface area (Å²) in [4.78, 5) is 38.8. The van der Waals surface area contributed by atoms with Crippen molar-refractivity contribution < 1.29 is 28.6 Å². The molecule has 0 atom stereocenters. The Morgan fingerprint density at radius 3 is 2.10 bits per heavy atom. The molecule has 9 nitrogen and oxygen atoms in total. The number of esters is 2. The number of amides is 1. The maximum Gasteiger partial charge on any atom is 0.414 e. The van der Waals surface area contributed by atoms with Gasteiger partial charge in [-0.3, -0.25) is 0 Å². The van der Waals surface area contributed by atoms with E-state index in [1.54, 1.807) is 62.6 Å². The fraction of sp³-hybridized carbons (Fsp3) is 0.182. The number of carbonyl (C=O) groups excluding carboxylic acids is 3. The molecular formula is C22H21N3O6. The fourth-order valence-electron chi connectivity index (χ4n) is 2.88. The summed E-state index contributed by atoms with van der Waals surface area (Å²) < 4.78 is 16.6. The van der Waals surface area contributed by atoms with Crippen molar-refractivity contribution in [3.8, 4) is 22.7 Å². The Morgan fingerprint density at radius 1 is 0.871 bits per heavy atom. The molecule has 0 aliphatic rings. The second kappa shape index (κ2) is 9.12. The van der Waals surface area contributed by atoms with Gasteiger partial charge in [-0.2, -0.15) is 5.10 Å². The van der Waals surface area contributed by atoms with E-state index in [9.17, 15) is 14.4 Å². The summed E-state index contributed by atoms with van der Waals surface area (Å²) in [5.41, 5.74) is 0.758. The molecule has 0 aliphatic carbocycles. The number of nitrogens with zero attached hydrogens (tertiary/aromatic N) is 3. The molecule has 0 unspecified atom stereocenters. The van der Waals surface area contributed by atoms with Gasteiger partial charge in [0.05, 0.1) is 19.9 Å². The second-order valence-corrected chi connectivity index (χ2v) is 6.56. The zero-order valence-electron chi connectivity index (χ0n) is 17.5. The van der Waals surface area contributed by atoms with Crippen molar-refractivity contribution in [1.29, 1.82) is 0 Å². The zero-order chi connectivity index (χ0) is 22.5. The van der Waals surface area contributed by atoms with E-state index in [0.29, 0.717) is 11.3 Å². The Bertz CT molecular complexity index is 1120. The minimum absolute atomic E-state index is 0.105. The Morgan fingerprint density at radius 2 is 1.48 bits per heavy atom. The fourth-order valence-corrected chi connectivity index (χ4v) is 2.88. The number of benzene rings is 2. The molecule has 0 spiro atoms. The molecule has 0 saturated heterocycles. The molecular weight excluding hydrogens is 402 g/mol. The van der Waals surface area contributed by atoms with Gasteiger partial charge in [-0.1, -0.05) is 30.3 Å². The van der Waals surface area contributed by atoms with Crippen LogP contribution in [0.15, 0.2) is 54.6 Å². The Hall–Kier alpha value is -4.14. The lowest BCUT2D eigenvalue weighted by atomic mass is 10.0. The number of rotatable bonds is 5. The van der Waals surface area contributed by atoms with E-state index in [0.717, 1.165) is 0 Å². The van der Waals surface area contributed by atoms with Crippen LogP contribution >= 0.6 is 0 Å². The van der Waals surface area contributed by atoms with Gasteiger partial charge in [0.15, 0.2) is 5.69 Å². The van der Waals surface area contributed by atoms with Crippen LogP contribution < -0.4 is 4.74 Å². The normalized spacial score (nSPS) is 10.3. The predicted octanol–water partition coefficient (Wildman–Crippen LogP) is 3.17. The van der Waals surface area contributed by atoms with Crippen molar-refractivity contribution in [1.82, 2.24) is 14.7 Å². The Balaban J connectivity index is 2.32. The van der Waals surface area contributed by atoms with Gasteiger partial charge in [0.25, 0.3) is 0 Å². The topological polar surface area (TPSA) is 100.0 Å². The third kappa shape index (κ3) is 4.25. The first kappa shape index (κ1) is 21.6. The van der Waals surface area contributed by atoms with E-state index in [2.05, 4.69) is 5.10 Å². The molecule has 0 fully saturated rings. The predicted molar refractivity (Wildman–Crippen MR) is 111 cm³/mol. The zero-order valence-corrected chi connectivity index (χ0v) is 17.5. The Labute approximate surface area is 178 Å². The molecule has 3 rings (SSSR count). The van der Waals surface area contributed by atoms with Crippen LogP contribution in [0.4, 0.5) is 4.79 Å². The van der Waals surface area contributed by atoms with E-state index in [-0.39, 0.29) is 22.7 Å². The highest BCUT2D eigenvalue weighted by molar-refractivity contribution is 6.07. The summed E-state index contributed by atoms with van der Waals surface area (Å²) in [6, 6.07) is 15.4. The van der Waals surface area contributed by atoms with Gasteiger partial charge in [-0.25, -0.2) is 19.1 Å². The molecule has 0 radical (unpaired) electrons. The summed E-state index contributed by atoms with van der Waals surface area (Å²) in [5.74, 6) is -1.39. The molecule has 2 aromatic carbocycles. The monoisotopic (exact) mass is 423 g/mol. The van der Waals surface area contributed by atoms with Crippen molar-refractivity contribution in [2.24, 2.45) is 0 Å². The largest absolute Gasteiger partial charge is 0.465 e. The highest BCUT2D eigenvalue weighted by Crippen LogP contribution is 2.35. The van der Waals surface area contributed by atoms with Gasteiger partial charge in [0.1, 0.15) is 17.0 Å². The van der Waals surface area contributed by atoms with Gasteiger partial charge in [-0.05, 0) is 24.3 Å². The summed E-state index contributed by atoms with van der Waals surface area (Å²) in [6.07, 6.45) is -0.609. The number of methoxy groups -OCH3 is 2. The van der Waals surface area contributed by atoms with Gasteiger partial charge in [0, 0.05) is 19.7 Å². The number of para-hydroxylation sites is 2. The average molecular weight is 423 g/mol. The van der Waals surface area contributed by atoms with Gasteiger partial charge in [-0.15, -0.1) is 0 Å². The van der Waals surface area contributed by atoms with Crippen LogP contribution in [0.25, 0.3) is 16.9 Å². The average Bonchev–Trinajstić information content (AvgIpc) is 3.19. The lowest BCUT2D eigenvalue weighted by molar-refractivity contribution is 0.0549. The SMILES string of the molecule is COC(=O)c1c(-c2ccccc2OC(=O)N(C)C)nn(-c2ccccc2)c1C(=O)OC. The maximum absolute atomic E-state index is 12.7. The molecule has 3 aromatic rings. The summed E-state index contributed by atoms with van der Waals surface area (Å²) in [6.45, 7) is 0. The van der Waals surface area contributed by atoms with Gasteiger partial charge >= 0.3 is 18.0 Å². The summed E-state index contributed by atoms with van der Waals surface area (Å²) in [7, 11) is 5.50. The van der Waals surface area contributed by atoms with Crippen molar-refractivity contribution in [3.63, 3.8) is 0 Å².